The first-order valence-electron chi connectivity index (χ1n) is 7.34. The summed E-state index contributed by atoms with van der Waals surface area (Å²) in [5, 5.41) is 14.1. The molecule has 1 unspecified atom stereocenters. The number of nitrogens with one attached hydrogen (secondary N) is 1. The molecule has 0 saturated carbocycles. The van der Waals surface area contributed by atoms with Crippen LogP contribution in [0.2, 0.25) is 0 Å². The van der Waals surface area contributed by atoms with E-state index in [0.717, 1.165) is 30.8 Å². The third-order valence-corrected chi connectivity index (χ3v) is 3.90. The van der Waals surface area contributed by atoms with E-state index in [2.05, 4.69) is 12.2 Å². The molecule has 1 amide bonds. The number of nitro groups is 1. The third-order valence-electron chi connectivity index (χ3n) is 3.90. The van der Waals surface area contributed by atoms with Crippen molar-refractivity contribution in [2.75, 3.05) is 18.4 Å². The molecule has 1 N–H and O–H groups in total. The number of nitro benzene ring substituents is 1. The Labute approximate surface area is 124 Å². The molecule has 6 nitrogen and oxygen atoms in total. The van der Waals surface area contributed by atoms with Crippen molar-refractivity contribution >= 4 is 17.3 Å². The molecule has 21 heavy (non-hydrogen) atoms. The topological polar surface area (TPSA) is 75.5 Å². The molecule has 6 heteroatoms. The van der Waals surface area contributed by atoms with Crippen molar-refractivity contribution in [1.29, 1.82) is 0 Å². The van der Waals surface area contributed by atoms with Gasteiger partial charge >= 0.3 is 0 Å². The van der Waals surface area contributed by atoms with E-state index in [4.69, 9.17) is 0 Å². The largest absolute Gasteiger partial charge is 0.385 e. The maximum absolute atomic E-state index is 12.0. The smallest absolute Gasteiger partial charge is 0.269 e. The minimum absolute atomic E-state index is 0.0605. The molecule has 1 aliphatic heterocycles. The molecule has 0 aliphatic carbocycles. The van der Waals surface area contributed by atoms with Gasteiger partial charge in [0.15, 0.2) is 0 Å². The maximum atomic E-state index is 12.0. The van der Waals surface area contributed by atoms with Crippen molar-refractivity contribution < 1.29 is 9.72 Å². The van der Waals surface area contributed by atoms with Gasteiger partial charge in [-0.3, -0.25) is 14.9 Å². The first-order valence-corrected chi connectivity index (χ1v) is 7.34. The molecule has 0 aromatic heterocycles. The van der Waals surface area contributed by atoms with Crippen molar-refractivity contribution in [3.8, 4) is 0 Å². The second-order valence-electron chi connectivity index (χ2n) is 5.38. The predicted molar refractivity (Wildman–Crippen MR) is 81.1 cm³/mol. The molecule has 2 rings (SSSR count). The zero-order valence-corrected chi connectivity index (χ0v) is 12.5. The monoisotopic (exact) mass is 291 g/mol. The van der Waals surface area contributed by atoms with Gasteiger partial charge in [0.2, 0.25) is 5.91 Å². The Morgan fingerprint density at radius 3 is 2.76 bits per heavy atom. The van der Waals surface area contributed by atoms with Crippen LogP contribution in [0, 0.1) is 16.0 Å². The van der Waals surface area contributed by atoms with E-state index in [9.17, 15) is 14.9 Å². The number of hydrogen-bond acceptors (Lipinski definition) is 4. The molecular weight excluding hydrogens is 270 g/mol. The summed E-state index contributed by atoms with van der Waals surface area (Å²) in [6.07, 6.45) is 1.57. The number of amides is 1. The lowest BCUT2D eigenvalue weighted by Crippen LogP contribution is -2.25. The van der Waals surface area contributed by atoms with E-state index >= 15 is 0 Å². The summed E-state index contributed by atoms with van der Waals surface area (Å²) in [6, 6.07) is 4.77. The normalized spacial score (nSPS) is 18.1. The van der Waals surface area contributed by atoms with Gasteiger partial charge in [-0.15, -0.1) is 0 Å². The molecule has 0 radical (unpaired) electrons. The molecule has 1 atom stereocenters. The van der Waals surface area contributed by atoms with Crippen LogP contribution in [0.15, 0.2) is 18.2 Å². The van der Waals surface area contributed by atoms with E-state index in [1.54, 1.807) is 17.0 Å². The van der Waals surface area contributed by atoms with Crippen molar-refractivity contribution in [2.24, 2.45) is 5.92 Å². The zero-order chi connectivity index (χ0) is 15.4. The van der Waals surface area contributed by atoms with Crippen LogP contribution in [-0.4, -0.2) is 28.8 Å². The fourth-order valence-corrected chi connectivity index (χ4v) is 2.67. The number of carbonyl (C=O) groups is 1. The number of likely N-dealkylation sites (tertiary alicyclic amines) is 1. The van der Waals surface area contributed by atoms with Crippen LogP contribution < -0.4 is 5.32 Å². The molecule has 114 valence electrons. The molecule has 1 aliphatic rings. The molecule has 1 saturated heterocycles. The number of nitrogens with zero attached hydrogens (tertiary/aromatic N) is 2. The highest BCUT2D eigenvalue weighted by Gasteiger charge is 2.29. The summed E-state index contributed by atoms with van der Waals surface area (Å²) in [4.78, 5) is 24.3. The predicted octanol–water partition coefficient (Wildman–Crippen LogP) is 2.79. The van der Waals surface area contributed by atoms with Gasteiger partial charge in [-0.1, -0.05) is 13.3 Å². The van der Waals surface area contributed by atoms with Crippen LogP contribution in [0.1, 0.15) is 32.3 Å². The van der Waals surface area contributed by atoms with Gasteiger partial charge in [0.05, 0.1) is 4.92 Å². The van der Waals surface area contributed by atoms with Gasteiger partial charge in [-0.05, 0) is 18.9 Å². The molecule has 0 spiro atoms. The van der Waals surface area contributed by atoms with Gasteiger partial charge in [-0.2, -0.15) is 0 Å². The lowest BCUT2D eigenvalue weighted by molar-refractivity contribution is -0.384. The highest BCUT2D eigenvalue weighted by molar-refractivity contribution is 5.79. The molecular formula is C15H21N3O3. The number of hydrogen-bond donors (Lipinski definition) is 1. The summed E-state index contributed by atoms with van der Waals surface area (Å²) in [7, 11) is 0. The second-order valence-corrected chi connectivity index (χ2v) is 5.38. The van der Waals surface area contributed by atoms with Crippen LogP contribution in [0.3, 0.4) is 0 Å². The van der Waals surface area contributed by atoms with Crippen LogP contribution in [0.5, 0.6) is 0 Å². The minimum atomic E-state index is -0.403. The van der Waals surface area contributed by atoms with Crippen molar-refractivity contribution in [1.82, 2.24) is 4.90 Å². The summed E-state index contributed by atoms with van der Waals surface area (Å²) in [6.45, 7) is 5.96. The Hall–Kier alpha value is -2.11. The van der Waals surface area contributed by atoms with E-state index in [1.165, 1.54) is 6.07 Å². The summed E-state index contributed by atoms with van der Waals surface area (Å²) in [5.41, 5.74) is 1.72. The average Bonchev–Trinajstić information content (AvgIpc) is 2.81. The number of carbonyl (C=O) groups excluding carboxylic acids is 1. The quantitative estimate of drug-likeness (QED) is 0.646. The van der Waals surface area contributed by atoms with Crippen LogP contribution in [-0.2, 0) is 11.3 Å². The number of rotatable bonds is 6. The highest BCUT2D eigenvalue weighted by Crippen LogP contribution is 2.27. The Balaban J connectivity index is 2.22. The maximum Gasteiger partial charge on any atom is 0.269 e. The Bertz CT molecular complexity index is 545. The van der Waals surface area contributed by atoms with Crippen LogP contribution >= 0.6 is 0 Å². The standard InChI is InChI=1S/C15H21N3O3/c1-3-11-7-15(19)17(9-11)10-12-8-13(18(20)21)5-6-14(12)16-4-2/h5-6,8,11,16H,3-4,7,9-10H2,1-2H3. The Morgan fingerprint density at radius 2 is 2.19 bits per heavy atom. The second kappa shape index (κ2) is 6.56. The van der Waals surface area contributed by atoms with Crippen LogP contribution in [0.25, 0.3) is 0 Å². The Morgan fingerprint density at radius 1 is 1.43 bits per heavy atom. The molecule has 1 heterocycles. The summed E-state index contributed by atoms with van der Waals surface area (Å²) in [5.74, 6) is 0.537. The third kappa shape index (κ3) is 3.51. The van der Waals surface area contributed by atoms with Gasteiger partial charge in [0, 0.05) is 49.4 Å². The van der Waals surface area contributed by atoms with Gasteiger partial charge in [0.1, 0.15) is 0 Å². The van der Waals surface area contributed by atoms with E-state index < -0.39 is 4.92 Å². The number of anilines is 1. The molecule has 0 bridgehead atoms. The Kier molecular flexibility index (Phi) is 4.77. The lowest BCUT2D eigenvalue weighted by atomic mass is 10.1. The summed E-state index contributed by atoms with van der Waals surface area (Å²) >= 11 is 0. The van der Waals surface area contributed by atoms with Crippen molar-refractivity contribution in [3.05, 3.63) is 33.9 Å². The van der Waals surface area contributed by atoms with Gasteiger partial charge in [0.25, 0.3) is 5.69 Å². The van der Waals surface area contributed by atoms with Crippen molar-refractivity contribution in [2.45, 2.75) is 33.2 Å². The van der Waals surface area contributed by atoms with E-state index in [-0.39, 0.29) is 11.6 Å². The fraction of sp³-hybridized carbons (Fsp3) is 0.533. The molecule has 1 aromatic carbocycles. The van der Waals surface area contributed by atoms with E-state index in [0.29, 0.717) is 18.9 Å². The van der Waals surface area contributed by atoms with E-state index in [1.807, 2.05) is 6.92 Å². The van der Waals surface area contributed by atoms with Crippen LogP contribution in [0.4, 0.5) is 11.4 Å². The number of non-ortho nitro benzene ring substituents is 1. The SMILES string of the molecule is CCNc1ccc([N+](=O)[O-])cc1CN1CC(CC)CC1=O. The average molecular weight is 291 g/mol. The highest BCUT2D eigenvalue weighted by atomic mass is 16.6. The summed E-state index contributed by atoms with van der Waals surface area (Å²) < 4.78 is 0. The minimum Gasteiger partial charge on any atom is -0.385 e. The van der Waals surface area contributed by atoms with Gasteiger partial charge in [-0.25, -0.2) is 0 Å². The number of benzene rings is 1. The molecule has 1 fully saturated rings. The first kappa shape index (κ1) is 15.3. The molecule has 1 aromatic rings. The fourth-order valence-electron chi connectivity index (χ4n) is 2.67. The zero-order valence-electron chi connectivity index (χ0n) is 12.5. The lowest BCUT2D eigenvalue weighted by Gasteiger charge is -2.19. The van der Waals surface area contributed by atoms with Gasteiger partial charge < -0.3 is 10.2 Å². The van der Waals surface area contributed by atoms with Crippen molar-refractivity contribution in [3.63, 3.8) is 0 Å². The first-order chi connectivity index (χ1) is 10.0.